The summed E-state index contributed by atoms with van der Waals surface area (Å²) in [6.45, 7) is 6.53. The Morgan fingerprint density at radius 1 is 1.47 bits per heavy atom. The number of halogens is 1. The molecule has 0 saturated heterocycles. The van der Waals surface area contributed by atoms with Crippen molar-refractivity contribution in [3.63, 3.8) is 0 Å². The van der Waals surface area contributed by atoms with E-state index in [0.717, 1.165) is 5.69 Å². The third-order valence-electron chi connectivity index (χ3n) is 2.58. The van der Waals surface area contributed by atoms with Gasteiger partial charge >= 0.3 is 0 Å². The topological polar surface area (TPSA) is 65.8 Å². The minimum absolute atomic E-state index is 0.166. The number of carbonyl (C=O) groups excluding carboxylic acids is 1. The first-order valence-electron chi connectivity index (χ1n) is 6.18. The number of rotatable bonds is 4. The second-order valence-corrected chi connectivity index (χ2v) is 5.72. The van der Waals surface area contributed by atoms with Crippen LogP contribution < -0.4 is 5.32 Å². The standard InChI is InChI=1S/C14H18ClN3O/c1-14(2,3)11-8-10(9-12(15)18-11)13(19)17-7-5-4-6-16/h8-9H,4-5,7H2,1-3H3,(H,17,19). The predicted octanol–water partition coefficient (Wildman–Crippen LogP) is 3.07. The van der Waals surface area contributed by atoms with Crippen LogP contribution in [-0.4, -0.2) is 17.4 Å². The number of nitrogens with zero attached hydrogens (tertiary/aromatic N) is 2. The lowest BCUT2D eigenvalue weighted by Crippen LogP contribution is -2.25. The van der Waals surface area contributed by atoms with E-state index in [9.17, 15) is 4.79 Å². The van der Waals surface area contributed by atoms with Gasteiger partial charge in [-0.3, -0.25) is 4.79 Å². The third-order valence-corrected chi connectivity index (χ3v) is 2.77. The van der Waals surface area contributed by atoms with Gasteiger partial charge in [0.25, 0.3) is 5.91 Å². The first kappa shape index (κ1) is 15.5. The molecule has 0 spiro atoms. The normalized spacial score (nSPS) is 10.9. The van der Waals surface area contributed by atoms with Crippen LogP contribution in [0.1, 0.15) is 49.7 Å². The quantitative estimate of drug-likeness (QED) is 0.680. The van der Waals surface area contributed by atoms with Gasteiger partial charge in [-0.2, -0.15) is 5.26 Å². The molecule has 0 aliphatic carbocycles. The molecule has 0 atom stereocenters. The zero-order chi connectivity index (χ0) is 14.5. The van der Waals surface area contributed by atoms with Crippen LogP contribution in [0, 0.1) is 11.3 Å². The Bertz CT molecular complexity index is 500. The fraction of sp³-hybridized carbons (Fsp3) is 0.500. The Hall–Kier alpha value is -1.60. The zero-order valence-electron chi connectivity index (χ0n) is 11.5. The number of nitrogens with one attached hydrogen (secondary N) is 1. The minimum atomic E-state index is -0.187. The van der Waals surface area contributed by atoms with Gasteiger partial charge in [-0.25, -0.2) is 4.98 Å². The molecule has 1 N–H and O–H groups in total. The highest BCUT2D eigenvalue weighted by molar-refractivity contribution is 6.29. The average Bonchev–Trinajstić information content (AvgIpc) is 2.32. The summed E-state index contributed by atoms with van der Waals surface area (Å²) in [6.07, 6.45) is 1.08. The molecular formula is C14H18ClN3O. The van der Waals surface area contributed by atoms with Crippen molar-refractivity contribution in [2.24, 2.45) is 0 Å². The summed E-state index contributed by atoms with van der Waals surface area (Å²) in [5.74, 6) is -0.187. The fourth-order valence-electron chi connectivity index (χ4n) is 1.48. The van der Waals surface area contributed by atoms with E-state index in [1.807, 2.05) is 26.8 Å². The van der Waals surface area contributed by atoms with Crippen molar-refractivity contribution in [1.29, 1.82) is 5.26 Å². The van der Waals surface area contributed by atoms with Crippen molar-refractivity contribution in [2.75, 3.05) is 6.54 Å². The monoisotopic (exact) mass is 279 g/mol. The van der Waals surface area contributed by atoms with E-state index in [1.54, 1.807) is 12.1 Å². The van der Waals surface area contributed by atoms with Crippen LogP contribution in [0.4, 0.5) is 0 Å². The molecule has 1 amide bonds. The van der Waals surface area contributed by atoms with Crippen molar-refractivity contribution < 1.29 is 4.79 Å². The van der Waals surface area contributed by atoms with E-state index < -0.39 is 0 Å². The molecule has 0 fully saturated rings. The number of hydrogen-bond donors (Lipinski definition) is 1. The van der Waals surface area contributed by atoms with E-state index in [0.29, 0.717) is 30.1 Å². The first-order chi connectivity index (χ1) is 8.84. The van der Waals surface area contributed by atoms with Crippen molar-refractivity contribution in [3.05, 3.63) is 28.5 Å². The molecule has 1 aromatic heterocycles. The molecule has 4 nitrogen and oxygen atoms in total. The second kappa shape index (κ2) is 6.53. The lowest BCUT2D eigenvalue weighted by molar-refractivity contribution is 0.0953. The number of amides is 1. The molecule has 102 valence electrons. The highest BCUT2D eigenvalue weighted by atomic mass is 35.5. The second-order valence-electron chi connectivity index (χ2n) is 5.33. The van der Waals surface area contributed by atoms with E-state index in [4.69, 9.17) is 16.9 Å². The molecule has 0 saturated carbocycles. The van der Waals surface area contributed by atoms with Gasteiger partial charge in [0.15, 0.2) is 0 Å². The number of aromatic nitrogens is 1. The van der Waals surface area contributed by atoms with Crippen LogP contribution in [-0.2, 0) is 5.41 Å². The molecule has 19 heavy (non-hydrogen) atoms. The maximum Gasteiger partial charge on any atom is 0.251 e. The minimum Gasteiger partial charge on any atom is -0.352 e. The third kappa shape index (κ3) is 4.88. The molecule has 0 aromatic carbocycles. The number of nitriles is 1. The van der Waals surface area contributed by atoms with Gasteiger partial charge in [0.1, 0.15) is 5.15 Å². The van der Waals surface area contributed by atoms with Crippen molar-refractivity contribution in [2.45, 2.75) is 39.0 Å². The van der Waals surface area contributed by atoms with Gasteiger partial charge in [0.2, 0.25) is 0 Å². The van der Waals surface area contributed by atoms with Gasteiger partial charge in [0.05, 0.1) is 6.07 Å². The first-order valence-corrected chi connectivity index (χ1v) is 6.55. The van der Waals surface area contributed by atoms with Crippen molar-refractivity contribution in [3.8, 4) is 6.07 Å². The smallest absolute Gasteiger partial charge is 0.251 e. The van der Waals surface area contributed by atoms with E-state index in [-0.39, 0.29) is 11.3 Å². The SMILES string of the molecule is CC(C)(C)c1cc(C(=O)NCCCC#N)cc(Cl)n1. The molecule has 1 rings (SSSR count). The average molecular weight is 280 g/mol. The van der Waals surface area contributed by atoms with Gasteiger partial charge < -0.3 is 5.32 Å². The summed E-state index contributed by atoms with van der Waals surface area (Å²) < 4.78 is 0. The summed E-state index contributed by atoms with van der Waals surface area (Å²) in [5, 5.41) is 11.5. The van der Waals surface area contributed by atoms with Crippen molar-refractivity contribution >= 4 is 17.5 Å². The lowest BCUT2D eigenvalue weighted by atomic mass is 9.91. The fourth-order valence-corrected chi connectivity index (χ4v) is 1.69. The van der Waals surface area contributed by atoms with E-state index in [2.05, 4.69) is 10.3 Å². The van der Waals surface area contributed by atoms with Crippen LogP contribution in [0.15, 0.2) is 12.1 Å². The number of unbranched alkanes of at least 4 members (excludes halogenated alkanes) is 1. The highest BCUT2D eigenvalue weighted by Gasteiger charge is 2.18. The molecule has 1 heterocycles. The Morgan fingerprint density at radius 2 is 2.16 bits per heavy atom. The predicted molar refractivity (Wildman–Crippen MR) is 75.1 cm³/mol. The maximum atomic E-state index is 12.0. The van der Waals surface area contributed by atoms with E-state index in [1.165, 1.54) is 0 Å². The van der Waals surface area contributed by atoms with Crippen LogP contribution in [0.25, 0.3) is 0 Å². The van der Waals surface area contributed by atoms with Crippen LogP contribution in [0.5, 0.6) is 0 Å². The molecule has 0 aliphatic heterocycles. The molecule has 0 bridgehead atoms. The van der Waals surface area contributed by atoms with Gasteiger partial charge in [-0.1, -0.05) is 32.4 Å². The summed E-state index contributed by atoms with van der Waals surface area (Å²) >= 11 is 5.95. The Kier molecular flexibility index (Phi) is 5.31. The summed E-state index contributed by atoms with van der Waals surface area (Å²) in [4.78, 5) is 16.2. The summed E-state index contributed by atoms with van der Waals surface area (Å²) in [5.41, 5.74) is 1.12. The van der Waals surface area contributed by atoms with Crippen LogP contribution >= 0.6 is 11.6 Å². The maximum absolute atomic E-state index is 12.0. The summed E-state index contributed by atoms with van der Waals surface area (Å²) in [6, 6.07) is 5.34. The van der Waals surface area contributed by atoms with Gasteiger partial charge in [-0.15, -0.1) is 0 Å². The molecule has 5 heteroatoms. The van der Waals surface area contributed by atoms with Gasteiger partial charge in [-0.05, 0) is 18.6 Å². The van der Waals surface area contributed by atoms with Crippen molar-refractivity contribution in [1.82, 2.24) is 10.3 Å². The summed E-state index contributed by atoms with van der Waals surface area (Å²) in [7, 11) is 0. The zero-order valence-corrected chi connectivity index (χ0v) is 12.2. The Balaban J connectivity index is 2.81. The molecule has 0 unspecified atom stereocenters. The Morgan fingerprint density at radius 3 is 2.74 bits per heavy atom. The lowest BCUT2D eigenvalue weighted by Gasteiger charge is -2.18. The van der Waals surface area contributed by atoms with E-state index >= 15 is 0 Å². The molecular weight excluding hydrogens is 262 g/mol. The number of pyridine rings is 1. The largest absolute Gasteiger partial charge is 0.352 e. The Labute approximate surface area is 118 Å². The van der Waals surface area contributed by atoms with Gasteiger partial charge in [0, 0.05) is 29.6 Å². The molecule has 0 aliphatic rings. The molecule has 0 radical (unpaired) electrons. The number of hydrogen-bond acceptors (Lipinski definition) is 3. The molecule has 1 aromatic rings. The van der Waals surface area contributed by atoms with Crippen LogP contribution in [0.2, 0.25) is 5.15 Å². The number of carbonyl (C=O) groups is 1. The van der Waals surface area contributed by atoms with Crippen LogP contribution in [0.3, 0.4) is 0 Å². The highest BCUT2D eigenvalue weighted by Crippen LogP contribution is 2.23.